The van der Waals surface area contributed by atoms with Gasteiger partial charge in [-0.1, -0.05) is 12.1 Å². The number of hydrogen-bond acceptors (Lipinski definition) is 4. The first-order valence-corrected chi connectivity index (χ1v) is 7.70. The summed E-state index contributed by atoms with van der Waals surface area (Å²) in [6.07, 6.45) is 3.92. The van der Waals surface area contributed by atoms with Gasteiger partial charge in [0.25, 0.3) is 5.91 Å². The average molecular weight is 316 g/mol. The number of amides is 1. The molecular formula is C17H24N4O2. The molecule has 1 aromatic heterocycles. The Balaban J connectivity index is 1.84. The van der Waals surface area contributed by atoms with Crippen LogP contribution in [0.25, 0.3) is 0 Å². The van der Waals surface area contributed by atoms with Gasteiger partial charge < -0.3 is 15.8 Å². The Morgan fingerprint density at radius 2 is 2.04 bits per heavy atom. The van der Waals surface area contributed by atoms with E-state index in [0.29, 0.717) is 5.75 Å². The van der Waals surface area contributed by atoms with Gasteiger partial charge in [0.05, 0.1) is 12.2 Å². The van der Waals surface area contributed by atoms with Crippen LogP contribution in [0, 0.1) is 6.92 Å². The molecule has 3 N–H and O–H groups in total. The number of carbonyl (C=O) groups excluding carboxylic acids is 1. The van der Waals surface area contributed by atoms with Crippen molar-refractivity contribution in [2.45, 2.75) is 39.4 Å². The molecule has 0 unspecified atom stereocenters. The summed E-state index contributed by atoms with van der Waals surface area (Å²) in [6.45, 7) is 6.98. The molecule has 2 aromatic rings. The SMILES string of the molecule is Cc1cnn([C@H](C)[C@H](C)NCc2ccc(OCC(N)=O)cc2)c1. The Kier molecular flexibility index (Phi) is 5.76. The van der Waals surface area contributed by atoms with Crippen molar-refractivity contribution in [3.05, 3.63) is 47.8 Å². The quantitative estimate of drug-likeness (QED) is 0.778. The molecule has 0 radical (unpaired) electrons. The minimum Gasteiger partial charge on any atom is -0.484 e. The highest BCUT2D eigenvalue weighted by molar-refractivity contribution is 5.75. The van der Waals surface area contributed by atoms with E-state index in [1.807, 2.05) is 48.3 Å². The number of benzene rings is 1. The van der Waals surface area contributed by atoms with E-state index in [-0.39, 0.29) is 18.7 Å². The van der Waals surface area contributed by atoms with Gasteiger partial charge in [-0.25, -0.2) is 0 Å². The van der Waals surface area contributed by atoms with E-state index in [1.54, 1.807) is 0 Å². The topological polar surface area (TPSA) is 82.2 Å². The average Bonchev–Trinajstić information content (AvgIpc) is 2.97. The van der Waals surface area contributed by atoms with Crippen molar-refractivity contribution in [3.63, 3.8) is 0 Å². The summed E-state index contributed by atoms with van der Waals surface area (Å²) in [4.78, 5) is 10.7. The van der Waals surface area contributed by atoms with Crippen molar-refractivity contribution in [1.82, 2.24) is 15.1 Å². The number of aromatic nitrogens is 2. The lowest BCUT2D eigenvalue weighted by Crippen LogP contribution is -2.33. The van der Waals surface area contributed by atoms with E-state index in [0.717, 1.165) is 17.7 Å². The number of carbonyl (C=O) groups is 1. The molecule has 2 atom stereocenters. The van der Waals surface area contributed by atoms with Crippen molar-refractivity contribution in [1.29, 1.82) is 0 Å². The monoisotopic (exact) mass is 316 g/mol. The number of nitrogens with two attached hydrogens (primary N) is 1. The van der Waals surface area contributed by atoms with Crippen molar-refractivity contribution >= 4 is 5.91 Å². The maximum Gasteiger partial charge on any atom is 0.255 e. The van der Waals surface area contributed by atoms with Gasteiger partial charge >= 0.3 is 0 Å². The second-order valence-electron chi connectivity index (χ2n) is 5.81. The molecule has 0 fully saturated rings. The number of ether oxygens (including phenoxy) is 1. The van der Waals surface area contributed by atoms with Crippen LogP contribution in [0.15, 0.2) is 36.7 Å². The predicted octanol–water partition coefficient (Wildman–Crippen LogP) is 1.79. The van der Waals surface area contributed by atoms with Crippen LogP contribution in [-0.2, 0) is 11.3 Å². The summed E-state index contributed by atoms with van der Waals surface area (Å²) in [5.74, 6) is 0.161. The zero-order chi connectivity index (χ0) is 16.8. The zero-order valence-corrected chi connectivity index (χ0v) is 13.8. The minimum absolute atomic E-state index is 0.102. The smallest absolute Gasteiger partial charge is 0.255 e. The molecule has 1 aromatic carbocycles. The van der Waals surface area contributed by atoms with Crippen molar-refractivity contribution in [2.75, 3.05) is 6.61 Å². The first-order valence-electron chi connectivity index (χ1n) is 7.70. The van der Waals surface area contributed by atoms with Gasteiger partial charge in [-0.2, -0.15) is 5.10 Å². The van der Waals surface area contributed by atoms with E-state index in [2.05, 4.69) is 24.3 Å². The molecule has 1 amide bonds. The van der Waals surface area contributed by atoms with Crippen molar-refractivity contribution < 1.29 is 9.53 Å². The fourth-order valence-electron chi connectivity index (χ4n) is 2.19. The third-order valence-corrected chi connectivity index (χ3v) is 3.80. The van der Waals surface area contributed by atoms with Gasteiger partial charge in [0.1, 0.15) is 5.75 Å². The van der Waals surface area contributed by atoms with Crippen LogP contribution in [-0.4, -0.2) is 28.3 Å². The van der Waals surface area contributed by atoms with E-state index >= 15 is 0 Å². The van der Waals surface area contributed by atoms with Gasteiger partial charge in [0.15, 0.2) is 6.61 Å². The normalized spacial score (nSPS) is 13.5. The lowest BCUT2D eigenvalue weighted by atomic mass is 10.1. The molecule has 0 bridgehead atoms. The summed E-state index contributed by atoms with van der Waals surface area (Å²) in [7, 11) is 0. The third-order valence-electron chi connectivity index (χ3n) is 3.80. The molecule has 0 aliphatic carbocycles. The highest BCUT2D eigenvalue weighted by Gasteiger charge is 2.14. The fourth-order valence-corrected chi connectivity index (χ4v) is 2.19. The second kappa shape index (κ2) is 7.78. The Morgan fingerprint density at radius 1 is 1.35 bits per heavy atom. The van der Waals surface area contributed by atoms with Gasteiger partial charge in [-0.3, -0.25) is 9.48 Å². The molecule has 0 saturated carbocycles. The van der Waals surface area contributed by atoms with Crippen LogP contribution >= 0.6 is 0 Å². The van der Waals surface area contributed by atoms with Gasteiger partial charge in [0.2, 0.25) is 0 Å². The molecule has 0 aliphatic rings. The summed E-state index contributed by atoms with van der Waals surface area (Å²) in [6, 6.07) is 8.16. The molecule has 124 valence electrons. The lowest BCUT2D eigenvalue weighted by molar-refractivity contribution is -0.119. The van der Waals surface area contributed by atoms with Crippen molar-refractivity contribution in [3.8, 4) is 5.75 Å². The minimum atomic E-state index is -0.479. The highest BCUT2D eigenvalue weighted by atomic mass is 16.5. The molecule has 2 rings (SSSR count). The fraction of sp³-hybridized carbons (Fsp3) is 0.412. The van der Waals surface area contributed by atoms with Crippen LogP contribution in [0.5, 0.6) is 5.75 Å². The summed E-state index contributed by atoms with van der Waals surface area (Å²) >= 11 is 0. The van der Waals surface area contributed by atoms with Crippen molar-refractivity contribution in [2.24, 2.45) is 5.73 Å². The van der Waals surface area contributed by atoms with E-state index < -0.39 is 5.91 Å². The molecule has 6 heteroatoms. The number of aryl methyl sites for hydroxylation is 1. The van der Waals surface area contributed by atoms with Crippen LogP contribution in [0.2, 0.25) is 0 Å². The van der Waals surface area contributed by atoms with Gasteiger partial charge in [-0.15, -0.1) is 0 Å². The Labute approximate surface area is 136 Å². The first-order chi connectivity index (χ1) is 11.0. The maximum absolute atomic E-state index is 10.7. The summed E-state index contributed by atoms with van der Waals surface area (Å²) < 4.78 is 7.22. The van der Waals surface area contributed by atoms with E-state index in [4.69, 9.17) is 10.5 Å². The molecule has 0 aliphatic heterocycles. The molecule has 0 spiro atoms. The standard InChI is InChI=1S/C17H24N4O2/c1-12-8-20-21(10-12)14(3)13(2)19-9-15-4-6-16(7-5-15)23-11-17(18)22/h4-8,10,13-14,19H,9,11H2,1-3H3,(H2,18,22)/t13-,14+/m0/s1. The van der Waals surface area contributed by atoms with Gasteiger partial charge in [-0.05, 0) is 44.0 Å². The first kappa shape index (κ1) is 17.0. The maximum atomic E-state index is 10.7. The molecule has 6 nitrogen and oxygen atoms in total. The Morgan fingerprint density at radius 3 is 2.61 bits per heavy atom. The number of rotatable bonds is 8. The predicted molar refractivity (Wildman–Crippen MR) is 89.1 cm³/mol. The second-order valence-corrected chi connectivity index (χ2v) is 5.81. The van der Waals surface area contributed by atoms with Crippen LogP contribution < -0.4 is 15.8 Å². The zero-order valence-electron chi connectivity index (χ0n) is 13.8. The van der Waals surface area contributed by atoms with Crippen LogP contribution in [0.4, 0.5) is 0 Å². The molecular weight excluding hydrogens is 292 g/mol. The number of primary amides is 1. The Bertz CT molecular complexity index is 636. The third kappa shape index (κ3) is 5.10. The van der Waals surface area contributed by atoms with E-state index in [9.17, 15) is 4.79 Å². The summed E-state index contributed by atoms with van der Waals surface area (Å²) in [5, 5.41) is 7.86. The number of nitrogens with one attached hydrogen (secondary N) is 1. The highest BCUT2D eigenvalue weighted by Crippen LogP contribution is 2.14. The van der Waals surface area contributed by atoms with Gasteiger partial charge in [0, 0.05) is 18.8 Å². The lowest BCUT2D eigenvalue weighted by Gasteiger charge is -2.22. The molecule has 23 heavy (non-hydrogen) atoms. The molecule has 0 saturated heterocycles. The number of nitrogens with zero attached hydrogens (tertiary/aromatic N) is 2. The molecule has 1 heterocycles. The van der Waals surface area contributed by atoms with Crippen LogP contribution in [0.1, 0.15) is 31.0 Å². The summed E-state index contributed by atoms with van der Waals surface area (Å²) in [5.41, 5.74) is 7.36. The van der Waals surface area contributed by atoms with Crippen LogP contribution in [0.3, 0.4) is 0 Å². The van der Waals surface area contributed by atoms with E-state index in [1.165, 1.54) is 0 Å². The Hall–Kier alpha value is -2.34. The number of hydrogen-bond donors (Lipinski definition) is 2. The largest absolute Gasteiger partial charge is 0.484 e.